The van der Waals surface area contributed by atoms with Crippen molar-refractivity contribution in [2.45, 2.75) is 58.4 Å². The SMILES string of the molecule is CC(C)CCNC(=O)c1ccc2c(c1)[nH]c(=O)n2C1CCCCC1. The Kier molecular flexibility index (Phi) is 5.07. The Balaban J connectivity index is 1.82. The van der Waals surface area contributed by atoms with Crippen LogP contribution in [-0.4, -0.2) is 22.0 Å². The Bertz CT molecular complexity index is 767. The van der Waals surface area contributed by atoms with E-state index in [0.717, 1.165) is 30.3 Å². The lowest BCUT2D eigenvalue weighted by Crippen LogP contribution is -2.25. The standard InChI is InChI=1S/C19H27N3O2/c1-13(2)10-11-20-18(23)14-8-9-17-16(12-14)21-19(24)22(17)15-6-4-3-5-7-15/h8-9,12-13,15H,3-7,10-11H2,1-2H3,(H,20,23)(H,21,24). The molecule has 2 N–H and O–H groups in total. The smallest absolute Gasteiger partial charge is 0.326 e. The number of carbonyl (C=O) groups is 1. The van der Waals surface area contributed by atoms with Crippen molar-refractivity contribution in [1.29, 1.82) is 0 Å². The van der Waals surface area contributed by atoms with Crippen LogP contribution >= 0.6 is 0 Å². The highest BCUT2D eigenvalue weighted by Gasteiger charge is 2.20. The van der Waals surface area contributed by atoms with Crippen molar-refractivity contribution in [3.63, 3.8) is 0 Å². The van der Waals surface area contributed by atoms with Gasteiger partial charge in [-0.2, -0.15) is 0 Å². The highest BCUT2D eigenvalue weighted by molar-refractivity contribution is 5.97. The van der Waals surface area contributed by atoms with E-state index in [1.807, 2.05) is 16.7 Å². The maximum absolute atomic E-state index is 12.4. The lowest BCUT2D eigenvalue weighted by molar-refractivity contribution is 0.0952. The minimum Gasteiger partial charge on any atom is -0.352 e. The summed E-state index contributed by atoms with van der Waals surface area (Å²) in [4.78, 5) is 27.5. The largest absolute Gasteiger partial charge is 0.352 e. The summed E-state index contributed by atoms with van der Waals surface area (Å²) in [5, 5.41) is 2.94. The molecule has 2 aromatic rings. The molecule has 1 aliphatic rings. The van der Waals surface area contributed by atoms with Crippen molar-refractivity contribution in [2.75, 3.05) is 6.54 Å². The van der Waals surface area contributed by atoms with Crippen LogP contribution in [0.4, 0.5) is 0 Å². The molecule has 5 heteroatoms. The van der Waals surface area contributed by atoms with E-state index in [0.29, 0.717) is 18.0 Å². The number of benzene rings is 1. The first-order chi connectivity index (χ1) is 11.6. The Morgan fingerprint density at radius 3 is 2.75 bits per heavy atom. The van der Waals surface area contributed by atoms with Gasteiger partial charge in [0.1, 0.15) is 0 Å². The summed E-state index contributed by atoms with van der Waals surface area (Å²) in [5.74, 6) is 0.484. The van der Waals surface area contributed by atoms with Gasteiger partial charge >= 0.3 is 5.69 Å². The van der Waals surface area contributed by atoms with Gasteiger partial charge in [-0.1, -0.05) is 33.1 Å². The van der Waals surface area contributed by atoms with Crippen molar-refractivity contribution in [1.82, 2.24) is 14.9 Å². The first kappa shape index (κ1) is 16.8. The molecule has 0 saturated heterocycles. The van der Waals surface area contributed by atoms with Crippen LogP contribution in [0.5, 0.6) is 0 Å². The Hall–Kier alpha value is -2.04. The molecule has 1 heterocycles. The number of fused-ring (bicyclic) bond motifs is 1. The van der Waals surface area contributed by atoms with E-state index in [1.54, 1.807) is 6.07 Å². The minimum absolute atomic E-state index is 0.0609. The van der Waals surface area contributed by atoms with Crippen LogP contribution in [0.3, 0.4) is 0 Å². The van der Waals surface area contributed by atoms with Crippen molar-refractivity contribution in [3.05, 3.63) is 34.2 Å². The molecule has 130 valence electrons. The van der Waals surface area contributed by atoms with Crippen molar-refractivity contribution in [2.24, 2.45) is 5.92 Å². The van der Waals surface area contributed by atoms with Gasteiger partial charge in [-0.3, -0.25) is 9.36 Å². The van der Waals surface area contributed by atoms with E-state index in [1.165, 1.54) is 19.3 Å². The normalized spacial score (nSPS) is 16.0. The molecule has 0 radical (unpaired) electrons. The number of amides is 1. The fraction of sp³-hybridized carbons (Fsp3) is 0.579. The molecule has 1 amide bonds. The fourth-order valence-electron chi connectivity index (χ4n) is 3.55. The summed E-state index contributed by atoms with van der Waals surface area (Å²) >= 11 is 0. The summed E-state index contributed by atoms with van der Waals surface area (Å²) in [5.41, 5.74) is 2.20. The quantitative estimate of drug-likeness (QED) is 0.880. The number of imidazole rings is 1. The molecule has 0 atom stereocenters. The second kappa shape index (κ2) is 7.24. The molecule has 0 bridgehead atoms. The molecule has 1 saturated carbocycles. The Morgan fingerprint density at radius 1 is 1.29 bits per heavy atom. The van der Waals surface area contributed by atoms with Gasteiger partial charge < -0.3 is 10.3 Å². The summed E-state index contributed by atoms with van der Waals surface area (Å²) in [6, 6.07) is 5.80. The third kappa shape index (κ3) is 3.55. The van der Waals surface area contributed by atoms with E-state index in [-0.39, 0.29) is 17.6 Å². The molecule has 0 spiro atoms. The number of aromatic amines is 1. The van der Waals surface area contributed by atoms with E-state index in [4.69, 9.17) is 0 Å². The summed E-state index contributed by atoms with van der Waals surface area (Å²) in [6.07, 6.45) is 6.70. The van der Waals surface area contributed by atoms with Gasteiger partial charge in [-0.05, 0) is 43.4 Å². The number of hydrogen-bond donors (Lipinski definition) is 2. The van der Waals surface area contributed by atoms with Crippen LogP contribution in [0.15, 0.2) is 23.0 Å². The van der Waals surface area contributed by atoms with E-state index < -0.39 is 0 Å². The van der Waals surface area contributed by atoms with Gasteiger partial charge in [0, 0.05) is 18.2 Å². The Labute approximate surface area is 142 Å². The Morgan fingerprint density at radius 2 is 2.04 bits per heavy atom. The minimum atomic E-state index is -0.0798. The van der Waals surface area contributed by atoms with Crippen LogP contribution in [0.1, 0.15) is 68.8 Å². The molecule has 1 aliphatic carbocycles. The maximum atomic E-state index is 12.4. The number of rotatable bonds is 5. The average Bonchev–Trinajstić information content (AvgIpc) is 2.90. The van der Waals surface area contributed by atoms with Crippen molar-refractivity contribution < 1.29 is 4.79 Å². The first-order valence-electron chi connectivity index (χ1n) is 9.08. The second-order valence-corrected chi connectivity index (χ2v) is 7.26. The zero-order chi connectivity index (χ0) is 17.1. The number of hydrogen-bond acceptors (Lipinski definition) is 2. The summed E-state index contributed by atoms with van der Waals surface area (Å²) in [7, 11) is 0. The van der Waals surface area contributed by atoms with Crippen LogP contribution in [-0.2, 0) is 0 Å². The van der Waals surface area contributed by atoms with Gasteiger partial charge in [0.05, 0.1) is 11.0 Å². The predicted molar refractivity (Wildman–Crippen MR) is 96.5 cm³/mol. The highest BCUT2D eigenvalue weighted by Crippen LogP contribution is 2.29. The van der Waals surface area contributed by atoms with Gasteiger partial charge in [-0.15, -0.1) is 0 Å². The molecule has 24 heavy (non-hydrogen) atoms. The van der Waals surface area contributed by atoms with Crippen LogP contribution in [0.25, 0.3) is 11.0 Å². The third-order valence-electron chi connectivity index (χ3n) is 4.93. The zero-order valence-electron chi connectivity index (χ0n) is 14.6. The molecular weight excluding hydrogens is 302 g/mol. The van der Waals surface area contributed by atoms with E-state index >= 15 is 0 Å². The molecule has 5 nitrogen and oxygen atoms in total. The molecule has 0 aliphatic heterocycles. The number of aromatic nitrogens is 2. The van der Waals surface area contributed by atoms with E-state index in [2.05, 4.69) is 24.1 Å². The number of carbonyl (C=O) groups excluding carboxylic acids is 1. The van der Waals surface area contributed by atoms with Gasteiger partial charge in [-0.25, -0.2) is 4.79 Å². The number of nitrogens with one attached hydrogen (secondary N) is 2. The molecule has 1 aromatic carbocycles. The molecule has 1 aromatic heterocycles. The van der Waals surface area contributed by atoms with Gasteiger partial charge in [0.25, 0.3) is 5.91 Å². The third-order valence-corrected chi connectivity index (χ3v) is 4.93. The van der Waals surface area contributed by atoms with Gasteiger partial charge in [0.15, 0.2) is 0 Å². The molecule has 0 unspecified atom stereocenters. The summed E-state index contributed by atoms with van der Waals surface area (Å²) < 4.78 is 1.88. The van der Waals surface area contributed by atoms with E-state index in [9.17, 15) is 9.59 Å². The number of H-pyrrole nitrogens is 1. The van der Waals surface area contributed by atoms with Crippen LogP contribution in [0.2, 0.25) is 0 Å². The lowest BCUT2D eigenvalue weighted by Gasteiger charge is -2.22. The van der Waals surface area contributed by atoms with Crippen molar-refractivity contribution >= 4 is 16.9 Å². The maximum Gasteiger partial charge on any atom is 0.326 e. The summed E-state index contributed by atoms with van der Waals surface area (Å²) in [6.45, 7) is 4.95. The van der Waals surface area contributed by atoms with Gasteiger partial charge in [0.2, 0.25) is 0 Å². The van der Waals surface area contributed by atoms with Crippen molar-refractivity contribution in [3.8, 4) is 0 Å². The zero-order valence-corrected chi connectivity index (χ0v) is 14.6. The molecular formula is C19H27N3O2. The fourth-order valence-corrected chi connectivity index (χ4v) is 3.55. The van der Waals surface area contributed by atoms with Crippen LogP contribution in [0, 0.1) is 5.92 Å². The molecule has 1 fully saturated rings. The average molecular weight is 329 g/mol. The van der Waals surface area contributed by atoms with Crippen LogP contribution < -0.4 is 11.0 Å². The molecule has 3 rings (SSSR count). The topological polar surface area (TPSA) is 66.9 Å². The first-order valence-corrected chi connectivity index (χ1v) is 9.08. The predicted octanol–water partition coefficient (Wildman–Crippen LogP) is 3.61. The highest BCUT2D eigenvalue weighted by atomic mass is 16.2. The second-order valence-electron chi connectivity index (χ2n) is 7.26. The number of nitrogens with zero attached hydrogens (tertiary/aromatic N) is 1. The lowest BCUT2D eigenvalue weighted by atomic mass is 9.95. The monoisotopic (exact) mass is 329 g/mol.